The van der Waals surface area contributed by atoms with E-state index < -0.39 is 6.10 Å². The lowest BCUT2D eigenvalue weighted by atomic mass is 9.98. The van der Waals surface area contributed by atoms with Crippen LogP contribution < -0.4 is 5.32 Å². The Morgan fingerprint density at radius 3 is 2.62 bits per heavy atom. The highest BCUT2D eigenvalue weighted by molar-refractivity contribution is 6.34. The number of benzene rings is 2. The van der Waals surface area contributed by atoms with Gasteiger partial charge in [0.2, 0.25) is 0 Å². The fraction of sp³-hybridized carbons (Fsp3) is 0.200. The Hall–Kier alpha value is -2.63. The lowest BCUT2D eigenvalue weighted by molar-refractivity contribution is 0.0924. The Kier molecular flexibility index (Phi) is 5.40. The highest BCUT2D eigenvalue weighted by Gasteiger charge is 2.19. The van der Waals surface area contributed by atoms with Crippen molar-refractivity contribution in [2.45, 2.75) is 20.0 Å². The highest BCUT2D eigenvalue weighted by atomic mass is 35.5. The Bertz CT molecular complexity index is 920. The van der Waals surface area contributed by atoms with Crippen LogP contribution in [0.4, 0.5) is 0 Å². The van der Waals surface area contributed by atoms with Crippen LogP contribution in [0.1, 0.15) is 23.0 Å². The molecule has 0 aliphatic rings. The van der Waals surface area contributed by atoms with Crippen molar-refractivity contribution in [1.29, 1.82) is 0 Å². The van der Waals surface area contributed by atoms with Crippen molar-refractivity contribution in [3.05, 3.63) is 64.9 Å². The van der Waals surface area contributed by atoms with Crippen LogP contribution in [0, 0.1) is 6.92 Å². The second-order valence-electron chi connectivity index (χ2n) is 6.08. The number of nitrogens with one attached hydrogen (secondary N) is 1. The van der Waals surface area contributed by atoms with Crippen molar-refractivity contribution in [1.82, 2.24) is 10.5 Å². The summed E-state index contributed by atoms with van der Waals surface area (Å²) in [5.74, 6) is 0.346. The number of nitrogens with zero attached hydrogens (tertiary/aromatic N) is 1. The molecule has 26 heavy (non-hydrogen) atoms. The van der Waals surface area contributed by atoms with Gasteiger partial charge in [-0.1, -0.05) is 53.2 Å². The van der Waals surface area contributed by atoms with Gasteiger partial charge in [0.15, 0.2) is 0 Å². The maximum Gasteiger partial charge on any atom is 0.252 e. The fourth-order valence-electron chi connectivity index (χ4n) is 2.70. The summed E-state index contributed by atoms with van der Waals surface area (Å²) in [5, 5.41) is 16.4. The zero-order chi connectivity index (χ0) is 18.7. The molecule has 0 spiro atoms. The molecule has 1 aromatic heterocycles. The third-order valence-electron chi connectivity index (χ3n) is 3.97. The minimum Gasteiger partial charge on any atom is -0.392 e. The molecule has 3 rings (SSSR count). The number of amides is 1. The molecule has 0 aliphatic heterocycles. The SMILES string of the molecule is Cc1onc(-c2ccccc2)c1-c1ccc(C(=O)NC[C@H](C)O)c(Cl)c1. The van der Waals surface area contributed by atoms with Crippen molar-refractivity contribution in [2.75, 3.05) is 6.54 Å². The lowest BCUT2D eigenvalue weighted by Gasteiger charge is -2.10. The number of aliphatic hydroxyl groups excluding tert-OH is 1. The third-order valence-corrected chi connectivity index (χ3v) is 4.28. The first-order valence-corrected chi connectivity index (χ1v) is 8.63. The zero-order valence-electron chi connectivity index (χ0n) is 14.5. The molecule has 0 bridgehead atoms. The Morgan fingerprint density at radius 1 is 1.23 bits per heavy atom. The standard InChI is InChI=1S/C20H19ClN2O3/c1-12(24)11-22-20(25)16-9-8-15(10-17(16)21)18-13(2)26-23-19(18)14-6-4-3-5-7-14/h3-10,12,24H,11H2,1-2H3,(H,22,25)/t12-/m0/s1. The van der Waals surface area contributed by atoms with E-state index in [0.717, 1.165) is 22.4 Å². The van der Waals surface area contributed by atoms with Gasteiger partial charge >= 0.3 is 0 Å². The Labute approximate surface area is 156 Å². The predicted molar refractivity (Wildman–Crippen MR) is 101 cm³/mol. The molecule has 0 radical (unpaired) electrons. The van der Waals surface area contributed by atoms with Gasteiger partial charge < -0.3 is 14.9 Å². The normalized spacial score (nSPS) is 12.0. The number of carbonyl (C=O) groups is 1. The van der Waals surface area contributed by atoms with Gasteiger partial charge in [0.05, 0.1) is 22.3 Å². The van der Waals surface area contributed by atoms with Crippen molar-refractivity contribution >= 4 is 17.5 Å². The van der Waals surface area contributed by atoms with E-state index in [1.807, 2.05) is 43.3 Å². The Morgan fingerprint density at radius 2 is 1.96 bits per heavy atom. The fourth-order valence-corrected chi connectivity index (χ4v) is 2.96. The van der Waals surface area contributed by atoms with Gasteiger partial charge in [-0.05, 0) is 31.5 Å². The maximum atomic E-state index is 12.2. The van der Waals surface area contributed by atoms with Crippen LogP contribution in [0.2, 0.25) is 5.02 Å². The average molecular weight is 371 g/mol. The van der Waals surface area contributed by atoms with E-state index in [2.05, 4.69) is 10.5 Å². The lowest BCUT2D eigenvalue weighted by Crippen LogP contribution is -2.30. The summed E-state index contributed by atoms with van der Waals surface area (Å²) in [7, 11) is 0. The van der Waals surface area contributed by atoms with Crippen LogP contribution in [-0.4, -0.2) is 28.8 Å². The van der Waals surface area contributed by atoms with E-state index >= 15 is 0 Å². The van der Waals surface area contributed by atoms with Gasteiger partial charge in [-0.15, -0.1) is 0 Å². The molecule has 1 heterocycles. The largest absolute Gasteiger partial charge is 0.392 e. The van der Waals surface area contributed by atoms with Crippen molar-refractivity contribution in [3.8, 4) is 22.4 Å². The molecule has 0 saturated carbocycles. The molecular formula is C20H19ClN2O3. The average Bonchev–Trinajstić information content (AvgIpc) is 3.02. The minimum absolute atomic E-state index is 0.166. The van der Waals surface area contributed by atoms with E-state index in [1.54, 1.807) is 19.1 Å². The number of aliphatic hydroxyl groups is 1. The van der Waals surface area contributed by atoms with Gasteiger partial charge in [0.25, 0.3) is 5.91 Å². The highest BCUT2D eigenvalue weighted by Crippen LogP contribution is 2.35. The number of carbonyl (C=O) groups excluding carboxylic acids is 1. The first-order valence-electron chi connectivity index (χ1n) is 8.25. The molecule has 1 atom stereocenters. The number of aromatic nitrogens is 1. The number of rotatable bonds is 5. The third kappa shape index (κ3) is 3.79. The Balaban J connectivity index is 1.96. The second-order valence-corrected chi connectivity index (χ2v) is 6.49. The molecule has 2 N–H and O–H groups in total. The van der Waals surface area contributed by atoms with Crippen LogP contribution in [0.3, 0.4) is 0 Å². The maximum absolute atomic E-state index is 12.2. The first-order chi connectivity index (χ1) is 12.5. The molecule has 3 aromatic rings. The van der Waals surface area contributed by atoms with Crippen LogP contribution in [0.5, 0.6) is 0 Å². The number of hydrogen-bond acceptors (Lipinski definition) is 4. The van der Waals surface area contributed by atoms with Gasteiger partial charge in [-0.3, -0.25) is 4.79 Å². The topological polar surface area (TPSA) is 75.4 Å². The molecule has 6 heteroatoms. The summed E-state index contributed by atoms with van der Waals surface area (Å²) in [5.41, 5.74) is 3.68. The van der Waals surface area contributed by atoms with E-state index in [-0.39, 0.29) is 12.5 Å². The smallest absolute Gasteiger partial charge is 0.252 e. The van der Waals surface area contributed by atoms with Crippen LogP contribution in [-0.2, 0) is 0 Å². The molecule has 0 aliphatic carbocycles. The number of halogens is 1. The summed E-state index contributed by atoms with van der Waals surface area (Å²) >= 11 is 6.33. The number of hydrogen-bond donors (Lipinski definition) is 2. The quantitative estimate of drug-likeness (QED) is 0.709. The van der Waals surface area contributed by atoms with E-state index in [9.17, 15) is 9.90 Å². The van der Waals surface area contributed by atoms with Crippen LogP contribution >= 0.6 is 11.6 Å². The van der Waals surface area contributed by atoms with Gasteiger partial charge in [0.1, 0.15) is 11.5 Å². The summed E-state index contributed by atoms with van der Waals surface area (Å²) < 4.78 is 5.39. The molecular weight excluding hydrogens is 352 g/mol. The van der Waals surface area contributed by atoms with E-state index in [1.165, 1.54) is 0 Å². The first kappa shape index (κ1) is 18.2. The van der Waals surface area contributed by atoms with Crippen molar-refractivity contribution in [3.63, 3.8) is 0 Å². The van der Waals surface area contributed by atoms with Crippen molar-refractivity contribution < 1.29 is 14.4 Å². The molecule has 5 nitrogen and oxygen atoms in total. The second kappa shape index (κ2) is 7.72. The molecule has 2 aromatic carbocycles. The van der Waals surface area contributed by atoms with Crippen LogP contribution in [0.25, 0.3) is 22.4 Å². The van der Waals surface area contributed by atoms with Gasteiger partial charge in [-0.25, -0.2) is 0 Å². The molecule has 0 unspecified atom stereocenters. The molecule has 1 amide bonds. The predicted octanol–water partition coefficient (Wildman–Crippen LogP) is 4.08. The summed E-state index contributed by atoms with van der Waals surface area (Å²) in [6.45, 7) is 3.61. The molecule has 0 saturated heterocycles. The monoisotopic (exact) mass is 370 g/mol. The van der Waals surface area contributed by atoms with Crippen molar-refractivity contribution in [2.24, 2.45) is 0 Å². The molecule has 134 valence electrons. The number of aryl methyl sites for hydroxylation is 1. The summed E-state index contributed by atoms with van der Waals surface area (Å²) in [4.78, 5) is 12.2. The van der Waals surface area contributed by atoms with Gasteiger partial charge in [-0.2, -0.15) is 0 Å². The zero-order valence-corrected chi connectivity index (χ0v) is 15.2. The minimum atomic E-state index is -0.620. The van der Waals surface area contributed by atoms with Gasteiger partial charge in [0, 0.05) is 12.1 Å². The van der Waals surface area contributed by atoms with E-state index in [4.69, 9.17) is 16.1 Å². The summed E-state index contributed by atoms with van der Waals surface area (Å²) in [6, 6.07) is 14.9. The molecule has 0 fully saturated rings. The van der Waals surface area contributed by atoms with E-state index in [0.29, 0.717) is 16.3 Å². The van der Waals surface area contributed by atoms with Crippen LogP contribution in [0.15, 0.2) is 53.1 Å². The summed E-state index contributed by atoms with van der Waals surface area (Å²) in [6.07, 6.45) is -0.620.